The highest BCUT2D eigenvalue weighted by molar-refractivity contribution is 14.0. The second kappa shape index (κ2) is 10.4. The van der Waals surface area contributed by atoms with Crippen LogP contribution in [0.1, 0.15) is 36.3 Å². The quantitative estimate of drug-likeness (QED) is 0.431. The largest absolute Gasteiger partial charge is 0.357 e. The van der Waals surface area contributed by atoms with Crippen LogP contribution in [-0.2, 0) is 6.42 Å². The van der Waals surface area contributed by atoms with Gasteiger partial charge in [-0.25, -0.2) is 4.98 Å². The standard InChI is InChI=1S/C14H26N4S.HI/c1-6-15-14(17-9-10(2)3)16-8-7-13-11(4)18-12(5)19-13;/h10H,6-9H2,1-5H3,(H2,15,16,17);1H. The van der Waals surface area contributed by atoms with Crippen LogP contribution in [0.2, 0.25) is 0 Å². The van der Waals surface area contributed by atoms with Gasteiger partial charge in [0.15, 0.2) is 5.96 Å². The van der Waals surface area contributed by atoms with Gasteiger partial charge in [-0.3, -0.25) is 4.99 Å². The minimum atomic E-state index is 0. The Labute approximate surface area is 143 Å². The predicted octanol–water partition coefficient (Wildman–Crippen LogP) is 3.13. The smallest absolute Gasteiger partial charge is 0.191 e. The average molecular weight is 410 g/mol. The summed E-state index contributed by atoms with van der Waals surface area (Å²) in [5.74, 6) is 1.50. The molecule has 0 aliphatic rings. The lowest BCUT2D eigenvalue weighted by Crippen LogP contribution is -2.38. The van der Waals surface area contributed by atoms with Crippen LogP contribution in [0.5, 0.6) is 0 Å². The highest BCUT2D eigenvalue weighted by Gasteiger charge is 2.05. The number of nitrogens with one attached hydrogen (secondary N) is 2. The van der Waals surface area contributed by atoms with Gasteiger partial charge < -0.3 is 10.6 Å². The molecule has 1 aromatic rings. The topological polar surface area (TPSA) is 49.3 Å². The summed E-state index contributed by atoms with van der Waals surface area (Å²) >= 11 is 1.79. The average Bonchev–Trinajstić information content (AvgIpc) is 2.65. The fourth-order valence-electron chi connectivity index (χ4n) is 1.72. The van der Waals surface area contributed by atoms with Gasteiger partial charge in [0.1, 0.15) is 0 Å². The van der Waals surface area contributed by atoms with E-state index in [1.807, 2.05) is 0 Å². The van der Waals surface area contributed by atoms with E-state index in [1.165, 1.54) is 4.88 Å². The lowest BCUT2D eigenvalue weighted by atomic mass is 10.2. The van der Waals surface area contributed by atoms with Gasteiger partial charge in [0.05, 0.1) is 10.7 Å². The Kier molecular flexibility index (Phi) is 10.2. The first-order chi connectivity index (χ1) is 9.02. The van der Waals surface area contributed by atoms with Crippen molar-refractivity contribution in [3.8, 4) is 0 Å². The van der Waals surface area contributed by atoms with Crippen molar-refractivity contribution in [2.75, 3.05) is 19.6 Å². The number of hydrogen-bond donors (Lipinski definition) is 2. The molecule has 0 radical (unpaired) electrons. The first-order valence-corrected chi connectivity index (χ1v) is 7.79. The highest BCUT2D eigenvalue weighted by Crippen LogP contribution is 2.16. The van der Waals surface area contributed by atoms with Gasteiger partial charge in [-0.2, -0.15) is 0 Å². The summed E-state index contributed by atoms with van der Waals surface area (Å²) in [5, 5.41) is 7.80. The Morgan fingerprint density at radius 2 is 2.00 bits per heavy atom. The number of hydrogen-bond acceptors (Lipinski definition) is 3. The van der Waals surface area contributed by atoms with Crippen LogP contribution in [0.4, 0.5) is 0 Å². The van der Waals surface area contributed by atoms with E-state index >= 15 is 0 Å². The molecule has 1 aromatic heterocycles. The molecule has 0 fully saturated rings. The van der Waals surface area contributed by atoms with E-state index in [-0.39, 0.29) is 24.0 Å². The van der Waals surface area contributed by atoms with E-state index in [0.717, 1.165) is 42.7 Å². The van der Waals surface area contributed by atoms with Crippen LogP contribution in [0.15, 0.2) is 4.99 Å². The number of halogens is 1. The van der Waals surface area contributed by atoms with E-state index in [4.69, 9.17) is 0 Å². The number of rotatable bonds is 6. The number of aryl methyl sites for hydroxylation is 2. The Hall–Kier alpha value is -0.370. The van der Waals surface area contributed by atoms with Crippen molar-refractivity contribution >= 4 is 41.3 Å². The maximum atomic E-state index is 4.55. The molecule has 20 heavy (non-hydrogen) atoms. The summed E-state index contributed by atoms with van der Waals surface area (Å²) in [7, 11) is 0. The summed E-state index contributed by atoms with van der Waals surface area (Å²) in [5.41, 5.74) is 1.16. The minimum absolute atomic E-state index is 0. The third-order valence-electron chi connectivity index (χ3n) is 2.60. The summed E-state index contributed by atoms with van der Waals surface area (Å²) < 4.78 is 0. The molecule has 0 aliphatic carbocycles. The number of aliphatic imine (C=N–C) groups is 1. The van der Waals surface area contributed by atoms with E-state index in [0.29, 0.717) is 5.92 Å². The Balaban J connectivity index is 0.00000361. The molecule has 0 bridgehead atoms. The summed E-state index contributed by atoms with van der Waals surface area (Å²) in [6, 6.07) is 0. The Morgan fingerprint density at radius 1 is 1.30 bits per heavy atom. The van der Waals surface area contributed by atoms with Crippen LogP contribution >= 0.6 is 35.3 Å². The Bertz CT molecular complexity index is 415. The van der Waals surface area contributed by atoms with Gasteiger partial charge in [-0.15, -0.1) is 35.3 Å². The third kappa shape index (κ3) is 7.42. The second-order valence-electron chi connectivity index (χ2n) is 5.03. The highest BCUT2D eigenvalue weighted by atomic mass is 127. The van der Waals surface area contributed by atoms with Crippen molar-refractivity contribution in [1.82, 2.24) is 15.6 Å². The van der Waals surface area contributed by atoms with Gasteiger partial charge in [-0.1, -0.05) is 13.8 Å². The van der Waals surface area contributed by atoms with Crippen molar-refractivity contribution in [2.24, 2.45) is 10.9 Å². The van der Waals surface area contributed by atoms with Crippen molar-refractivity contribution in [1.29, 1.82) is 0 Å². The van der Waals surface area contributed by atoms with E-state index in [9.17, 15) is 0 Å². The molecule has 0 saturated heterocycles. The fourth-order valence-corrected chi connectivity index (χ4v) is 2.65. The molecule has 0 unspecified atom stereocenters. The van der Waals surface area contributed by atoms with Crippen LogP contribution in [0.25, 0.3) is 0 Å². The molecule has 6 heteroatoms. The summed E-state index contributed by atoms with van der Waals surface area (Å²) in [6.07, 6.45) is 1.00. The van der Waals surface area contributed by atoms with Crippen molar-refractivity contribution in [3.05, 3.63) is 15.6 Å². The molecular weight excluding hydrogens is 383 g/mol. The molecule has 0 spiro atoms. The molecule has 1 heterocycles. The molecule has 2 N–H and O–H groups in total. The van der Waals surface area contributed by atoms with Crippen molar-refractivity contribution in [2.45, 2.75) is 41.0 Å². The molecule has 0 aliphatic heterocycles. The third-order valence-corrected chi connectivity index (χ3v) is 3.74. The molecule has 1 rings (SSSR count). The van der Waals surface area contributed by atoms with Gasteiger partial charge in [-0.05, 0) is 26.7 Å². The van der Waals surface area contributed by atoms with E-state index < -0.39 is 0 Å². The fraction of sp³-hybridized carbons (Fsp3) is 0.714. The first kappa shape index (κ1) is 19.6. The van der Waals surface area contributed by atoms with Crippen LogP contribution in [-0.4, -0.2) is 30.6 Å². The minimum Gasteiger partial charge on any atom is -0.357 e. The molecular formula is C14H27IN4S. The predicted molar refractivity (Wildman–Crippen MR) is 99.5 cm³/mol. The second-order valence-corrected chi connectivity index (χ2v) is 6.32. The number of guanidine groups is 1. The molecule has 0 atom stereocenters. The lowest BCUT2D eigenvalue weighted by molar-refractivity contribution is 0.656. The Morgan fingerprint density at radius 3 is 2.50 bits per heavy atom. The maximum absolute atomic E-state index is 4.55. The van der Waals surface area contributed by atoms with Crippen LogP contribution in [0, 0.1) is 19.8 Å². The SMILES string of the molecule is CCNC(=NCC(C)C)NCCc1sc(C)nc1C.I. The van der Waals surface area contributed by atoms with E-state index in [1.54, 1.807) is 11.3 Å². The summed E-state index contributed by atoms with van der Waals surface area (Å²) in [6.45, 7) is 13.2. The normalized spacial score (nSPS) is 11.4. The molecule has 0 amide bonds. The first-order valence-electron chi connectivity index (χ1n) is 6.98. The zero-order valence-corrected chi connectivity index (χ0v) is 16.3. The zero-order valence-electron chi connectivity index (χ0n) is 13.1. The van der Waals surface area contributed by atoms with Crippen LogP contribution < -0.4 is 10.6 Å². The van der Waals surface area contributed by atoms with Gasteiger partial charge in [0.2, 0.25) is 0 Å². The van der Waals surface area contributed by atoms with Crippen molar-refractivity contribution < 1.29 is 0 Å². The van der Waals surface area contributed by atoms with Gasteiger partial charge in [0.25, 0.3) is 0 Å². The molecule has 4 nitrogen and oxygen atoms in total. The molecule has 0 aromatic carbocycles. The maximum Gasteiger partial charge on any atom is 0.191 e. The summed E-state index contributed by atoms with van der Waals surface area (Å²) in [4.78, 5) is 10.4. The monoisotopic (exact) mass is 410 g/mol. The number of aromatic nitrogens is 1. The van der Waals surface area contributed by atoms with Gasteiger partial charge >= 0.3 is 0 Å². The van der Waals surface area contributed by atoms with Gasteiger partial charge in [0, 0.05) is 30.9 Å². The van der Waals surface area contributed by atoms with Crippen molar-refractivity contribution in [3.63, 3.8) is 0 Å². The number of thiazole rings is 1. The lowest BCUT2D eigenvalue weighted by Gasteiger charge is -2.11. The zero-order chi connectivity index (χ0) is 14.3. The molecule has 0 saturated carbocycles. The molecule has 116 valence electrons. The van der Waals surface area contributed by atoms with Crippen LogP contribution in [0.3, 0.4) is 0 Å². The number of nitrogens with zero attached hydrogens (tertiary/aromatic N) is 2. The van der Waals surface area contributed by atoms with E-state index in [2.05, 4.69) is 55.2 Å².